The molecule has 0 fully saturated rings. The summed E-state index contributed by atoms with van der Waals surface area (Å²) >= 11 is 0. The van der Waals surface area contributed by atoms with Crippen LogP contribution < -0.4 is 31.8 Å². The monoisotopic (exact) mass is 818 g/mol. The van der Waals surface area contributed by atoms with Gasteiger partial charge in [-0.25, -0.2) is 0 Å². The summed E-state index contributed by atoms with van der Waals surface area (Å²) in [5, 5.41) is 4.54. The summed E-state index contributed by atoms with van der Waals surface area (Å²) in [6.45, 7) is -9.05. The summed E-state index contributed by atoms with van der Waals surface area (Å²) in [4.78, 5) is 0. The van der Waals surface area contributed by atoms with Gasteiger partial charge < -0.3 is 0 Å². The Morgan fingerprint density at radius 1 is 0.310 bits per heavy atom. The molecule has 0 saturated carbocycles. The molecule has 0 aromatic heterocycles. The van der Waals surface area contributed by atoms with E-state index in [-0.39, 0.29) is 6.16 Å². The maximum atomic E-state index is 15.6. The van der Waals surface area contributed by atoms with E-state index in [1.54, 1.807) is 0 Å². The van der Waals surface area contributed by atoms with Gasteiger partial charge in [-0.2, -0.15) is 0 Å². The first-order chi connectivity index (χ1) is 28.4. The summed E-state index contributed by atoms with van der Waals surface area (Å²) in [5.74, 6) is 0. The zero-order valence-electron chi connectivity index (χ0n) is 31.9. The van der Waals surface area contributed by atoms with Crippen molar-refractivity contribution in [2.75, 3.05) is 0 Å². The van der Waals surface area contributed by atoms with E-state index in [2.05, 4.69) is 0 Å². The number of benzene rings is 8. The molecule has 0 radical (unpaired) electrons. The minimum absolute atomic E-state index is 0.219. The third kappa shape index (κ3) is 6.93. The molecule has 0 atom stereocenters. The van der Waals surface area contributed by atoms with Gasteiger partial charge in [-0.1, -0.05) is 0 Å². The van der Waals surface area contributed by atoms with E-state index in [4.69, 9.17) is 13.0 Å². The molecule has 0 aliphatic carbocycles. The fourth-order valence-corrected chi connectivity index (χ4v) is 22.0. The van der Waals surface area contributed by atoms with E-state index in [0.29, 0.717) is 6.16 Å². The van der Waals surface area contributed by atoms with Gasteiger partial charge in [0.25, 0.3) is 0 Å². The van der Waals surface area contributed by atoms with Crippen LogP contribution in [0.4, 0.5) is 0 Å². The Bertz CT molecular complexity index is 2460. The van der Waals surface area contributed by atoms with Crippen molar-refractivity contribution in [2.45, 2.75) is 12.3 Å². The minimum atomic E-state index is -5.08. The second-order valence-electron chi connectivity index (χ2n) is 14.4. The molecule has 0 spiro atoms. The van der Waals surface area contributed by atoms with E-state index in [9.17, 15) is 0 Å². The second kappa shape index (κ2) is 16.4. The number of hydrogen-bond donors (Lipinski definition) is 0. The first-order valence-electron chi connectivity index (χ1n) is 19.2. The molecule has 8 rings (SSSR count). The van der Waals surface area contributed by atoms with Crippen molar-refractivity contribution in [3.05, 3.63) is 254 Å². The molecule has 5 nitrogen and oxygen atoms in total. The van der Waals surface area contributed by atoms with Crippen LogP contribution in [0.25, 0.3) is 0 Å². The quantitative estimate of drug-likeness (QED) is 0.0587. The standard InChI is InChI=1S/C50H44O5P2S/c51-58(52,55-57(48-35-19-6-20-36-48,49-37-21-7-22-38-49,50-39-23-8-24-40-50)42-44-27-11-2-12-28-44)54-53-56(45-29-13-3-14-30-45,46-31-15-4-16-32-46,47-33-17-5-18-34-47)41-43-25-9-1-10-26-43/h1-40H,41-42H2. The van der Waals surface area contributed by atoms with Crippen LogP contribution in [-0.2, 0) is 35.7 Å². The fraction of sp³-hybridized carbons (Fsp3) is 0.0400. The van der Waals surface area contributed by atoms with Gasteiger partial charge in [-0.15, -0.1) is 0 Å². The molecule has 8 aromatic rings. The Morgan fingerprint density at radius 3 is 0.810 bits per heavy atom. The van der Waals surface area contributed by atoms with Gasteiger partial charge in [0.1, 0.15) is 0 Å². The van der Waals surface area contributed by atoms with Crippen molar-refractivity contribution >= 4 is 55.9 Å². The Balaban J connectivity index is 1.41. The van der Waals surface area contributed by atoms with Gasteiger partial charge in [0.2, 0.25) is 0 Å². The number of rotatable bonds is 15. The topological polar surface area (TPSA) is 61.8 Å². The molecule has 58 heavy (non-hydrogen) atoms. The summed E-state index contributed by atoms with van der Waals surface area (Å²) in [7, 11) is -5.08. The van der Waals surface area contributed by atoms with Gasteiger partial charge in [0.15, 0.2) is 0 Å². The third-order valence-corrected chi connectivity index (χ3v) is 24.1. The van der Waals surface area contributed by atoms with Crippen LogP contribution in [0.1, 0.15) is 11.1 Å². The third-order valence-electron chi connectivity index (χ3n) is 11.0. The molecule has 290 valence electrons. The summed E-state index contributed by atoms with van der Waals surface area (Å²) in [6.07, 6.45) is 0.514. The summed E-state index contributed by atoms with van der Waals surface area (Å²) in [6, 6.07) is 78.6. The number of hydrogen-bond acceptors (Lipinski definition) is 5. The predicted octanol–water partition coefficient (Wildman–Crippen LogP) is 9.49. The Labute approximate surface area is 341 Å². The molecule has 8 heteroatoms. The maximum absolute atomic E-state index is 15.6. The molecule has 0 unspecified atom stereocenters. The molecule has 0 saturated heterocycles. The fourth-order valence-electron chi connectivity index (χ4n) is 8.40. The normalized spacial score (nSPS) is 13.4. The van der Waals surface area contributed by atoms with Gasteiger partial charge in [-0.3, -0.25) is 0 Å². The Kier molecular flexibility index (Phi) is 11.1. The zero-order valence-corrected chi connectivity index (χ0v) is 34.5. The SMILES string of the molecule is O=S(=O)(OOP(Cc1ccccc1)(c1ccccc1)(c1ccccc1)c1ccccc1)OP(Cc1ccccc1)(c1ccccc1)(c1ccccc1)c1ccccc1. The summed E-state index contributed by atoms with van der Waals surface area (Å²) in [5.41, 5.74) is 1.84. The van der Waals surface area contributed by atoms with Crippen LogP contribution in [-0.4, -0.2) is 8.42 Å². The molecule has 0 aliphatic heterocycles. The van der Waals surface area contributed by atoms with Crippen molar-refractivity contribution in [3.63, 3.8) is 0 Å². The van der Waals surface area contributed by atoms with Crippen molar-refractivity contribution in [2.24, 2.45) is 0 Å². The van der Waals surface area contributed by atoms with Gasteiger partial charge in [0, 0.05) is 0 Å². The van der Waals surface area contributed by atoms with Crippen LogP contribution in [0.3, 0.4) is 0 Å². The van der Waals surface area contributed by atoms with Crippen molar-refractivity contribution in [3.8, 4) is 0 Å². The predicted molar refractivity (Wildman–Crippen MR) is 243 cm³/mol. The van der Waals surface area contributed by atoms with Gasteiger partial charge >= 0.3 is 343 Å². The van der Waals surface area contributed by atoms with E-state index in [1.807, 2.05) is 243 Å². The van der Waals surface area contributed by atoms with Crippen molar-refractivity contribution < 1.29 is 21.4 Å². The van der Waals surface area contributed by atoms with E-state index < -0.39 is 24.1 Å². The van der Waals surface area contributed by atoms with Crippen molar-refractivity contribution in [1.82, 2.24) is 0 Å². The zero-order chi connectivity index (χ0) is 39.8. The van der Waals surface area contributed by atoms with Crippen LogP contribution in [0.2, 0.25) is 0 Å². The van der Waals surface area contributed by atoms with Gasteiger partial charge in [0.05, 0.1) is 0 Å². The van der Waals surface area contributed by atoms with Crippen LogP contribution in [0, 0.1) is 0 Å². The molecule has 0 amide bonds. The molecular weight excluding hydrogens is 775 g/mol. The molecular formula is C50H44O5P2S. The first-order valence-corrected chi connectivity index (χ1v) is 25.2. The molecule has 0 N–H and O–H groups in total. The second-order valence-corrected chi connectivity index (χ2v) is 24.6. The molecule has 0 bridgehead atoms. The average Bonchev–Trinajstić information content (AvgIpc) is 3.30. The molecule has 0 aliphatic rings. The van der Waals surface area contributed by atoms with Crippen LogP contribution >= 0.6 is 13.7 Å². The molecule has 8 aromatic carbocycles. The first kappa shape index (κ1) is 39.3. The Hall–Kier alpha value is -5.55. The van der Waals surface area contributed by atoms with Crippen LogP contribution in [0.5, 0.6) is 0 Å². The summed E-state index contributed by atoms with van der Waals surface area (Å²) < 4.78 is 51.7. The van der Waals surface area contributed by atoms with E-state index in [0.717, 1.165) is 43.0 Å². The van der Waals surface area contributed by atoms with Crippen molar-refractivity contribution in [1.29, 1.82) is 0 Å². The van der Waals surface area contributed by atoms with Crippen LogP contribution in [0.15, 0.2) is 243 Å². The molecule has 0 heterocycles. The van der Waals surface area contributed by atoms with E-state index >= 15 is 8.42 Å². The van der Waals surface area contributed by atoms with Gasteiger partial charge in [-0.05, 0) is 0 Å². The van der Waals surface area contributed by atoms with E-state index in [1.165, 1.54) is 0 Å². The Morgan fingerprint density at radius 2 is 0.534 bits per heavy atom. The average molecular weight is 819 g/mol.